The van der Waals surface area contributed by atoms with Gasteiger partial charge in [0.15, 0.2) is 0 Å². The van der Waals surface area contributed by atoms with Crippen LogP contribution < -0.4 is 4.74 Å². The van der Waals surface area contributed by atoms with Crippen LogP contribution in [0.5, 0.6) is 5.75 Å². The molecule has 17 heavy (non-hydrogen) atoms. The summed E-state index contributed by atoms with van der Waals surface area (Å²) in [5.41, 5.74) is -0.166. The highest BCUT2D eigenvalue weighted by molar-refractivity contribution is 5.90. The molecule has 0 bridgehead atoms. The summed E-state index contributed by atoms with van der Waals surface area (Å²) in [5.74, 6) is -0.741. The Kier molecular flexibility index (Phi) is 4.45. The molecule has 94 valence electrons. The molecule has 1 heterocycles. The number of aromatic carboxylic acids is 1. The van der Waals surface area contributed by atoms with Gasteiger partial charge in [-0.1, -0.05) is 0 Å². The molecule has 0 saturated heterocycles. The lowest BCUT2D eigenvalue weighted by Gasteiger charge is -2.19. The molecule has 1 aromatic heterocycles. The zero-order chi connectivity index (χ0) is 12.9. The third kappa shape index (κ3) is 4.82. The highest BCUT2D eigenvalue weighted by atomic mass is 16.5. The van der Waals surface area contributed by atoms with Gasteiger partial charge in [-0.3, -0.25) is 4.98 Å². The van der Waals surface area contributed by atoms with Crippen LogP contribution in [0.4, 0.5) is 0 Å². The molecule has 0 atom stereocenters. The smallest absolute Gasteiger partial charge is 0.341 e. The van der Waals surface area contributed by atoms with E-state index < -0.39 is 5.97 Å². The molecule has 5 nitrogen and oxygen atoms in total. The topological polar surface area (TPSA) is 68.7 Å². The lowest BCUT2D eigenvalue weighted by atomic mass is 10.2. The molecule has 0 fully saturated rings. The van der Waals surface area contributed by atoms with Crippen LogP contribution in [0.25, 0.3) is 0 Å². The van der Waals surface area contributed by atoms with Crippen LogP contribution in [0.15, 0.2) is 18.5 Å². The van der Waals surface area contributed by atoms with Crippen LogP contribution in [0.1, 0.15) is 31.1 Å². The van der Waals surface area contributed by atoms with Gasteiger partial charge in [-0.05, 0) is 26.8 Å². The summed E-state index contributed by atoms with van der Waals surface area (Å²) in [7, 11) is 0. The van der Waals surface area contributed by atoms with Gasteiger partial charge in [0.1, 0.15) is 17.9 Å². The van der Waals surface area contributed by atoms with E-state index in [4.69, 9.17) is 14.6 Å². The molecule has 5 heteroatoms. The molecule has 0 aliphatic heterocycles. The van der Waals surface area contributed by atoms with Crippen molar-refractivity contribution in [2.45, 2.75) is 26.4 Å². The van der Waals surface area contributed by atoms with Gasteiger partial charge >= 0.3 is 5.97 Å². The van der Waals surface area contributed by atoms with E-state index >= 15 is 0 Å². The Balaban J connectivity index is 2.49. The van der Waals surface area contributed by atoms with E-state index in [0.29, 0.717) is 19.0 Å². The minimum atomic E-state index is -1.05. The largest absolute Gasteiger partial charge is 0.490 e. The van der Waals surface area contributed by atoms with E-state index in [1.54, 1.807) is 0 Å². The first-order chi connectivity index (χ1) is 7.90. The van der Waals surface area contributed by atoms with Gasteiger partial charge in [0.25, 0.3) is 0 Å². The first-order valence-corrected chi connectivity index (χ1v) is 5.34. The summed E-state index contributed by atoms with van der Waals surface area (Å²) in [5, 5.41) is 8.90. The van der Waals surface area contributed by atoms with Crippen molar-refractivity contribution in [1.29, 1.82) is 0 Å². The van der Waals surface area contributed by atoms with Gasteiger partial charge in [0.2, 0.25) is 0 Å². The summed E-state index contributed by atoms with van der Waals surface area (Å²) >= 11 is 0. The number of ether oxygens (including phenoxy) is 2. The van der Waals surface area contributed by atoms with Gasteiger partial charge < -0.3 is 14.6 Å². The first-order valence-electron chi connectivity index (χ1n) is 5.34. The Morgan fingerprint density at radius 3 is 2.71 bits per heavy atom. The minimum absolute atomic E-state index is 0.0586. The monoisotopic (exact) mass is 239 g/mol. The second kappa shape index (κ2) is 5.63. The number of hydrogen-bond donors (Lipinski definition) is 1. The van der Waals surface area contributed by atoms with Crippen molar-refractivity contribution in [3.05, 3.63) is 24.0 Å². The average molecular weight is 239 g/mol. The van der Waals surface area contributed by atoms with Crippen molar-refractivity contribution in [2.75, 3.05) is 13.2 Å². The molecular formula is C12H17NO4. The Hall–Kier alpha value is -1.62. The van der Waals surface area contributed by atoms with Gasteiger partial charge in [-0.15, -0.1) is 0 Å². The zero-order valence-electron chi connectivity index (χ0n) is 10.3. The van der Waals surface area contributed by atoms with E-state index in [-0.39, 0.29) is 11.2 Å². The Labute approximate surface area is 100 Å². The minimum Gasteiger partial charge on any atom is -0.490 e. The Morgan fingerprint density at radius 2 is 2.12 bits per heavy atom. The summed E-state index contributed by atoms with van der Waals surface area (Å²) in [6.45, 7) is 6.55. The molecule has 1 aromatic rings. The second-order valence-electron chi connectivity index (χ2n) is 4.49. The Bertz CT molecular complexity index is 384. The number of aromatic nitrogens is 1. The van der Waals surface area contributed by atoms with E-state index in [9.17, 15) is 4.79 Å². The van der Waals surface area contributed by atoms with Crippen LogP contribution in [0.3, 0.4) is 0 Å². The van der Waals surface area contributed by atoms with Gasteiger partial charge in [-0.25, -0.2) is 4.79 Å². The van der Waals surface area contributed by atoms with E-state index in [2.05, 4.69) is 4.98 Å². The standard InChI is InChI=1S/C12H17NO4/c1-12(2,3)17-7-6-16-10-4-5-13-8-9(10)11(14)15/h4-5,8H,6-7H2,1-3H3,(H,14,15). The summed E-state index contributed by atoms with van der Waals surface area (Å²) in [6.07, 6.45) is 2.76. The number of nitrogens with zero attached hydrogens (tertiary/aromatic N) is 1. The molecule has 0 unspecified atom stereocenters. The van der Waals surface area contributed by atoms with Crippen molar-refractivity contribution in [3.8, 4) is 5.75 Å². The third-order valence-corrected chi connectivity index (χ3v) is 1.89. The lowest BCUT2D eigenvalue weighted by Crippen LogP contribution is -2.22. The molecule has 0 amide bonds. The highest BCUT2D eigenvalue weighted by Crippen LogP contribution is 2.16. The van der Waals surface area contributed by atoms with Crippen molar-refractivity contribution >= 4 is 5.97 Å². The van der Waals surface area contributed by atoms with Gasteiger partial charge in [0.05, 0.1) is 12.2 Å². The van der Waals surface area contributed by atoms with E-state index in [1.165, 1.54) is 18.5 Å². The molecule has 1 N–H and O–H groups in total. The van der Waals surface area contributed by atoms with Crippen molar-refractivity contribution in [1.82, 2.24) is 4.98 Å². The van der Waals surface area contributed by atoms with Gasteiger partial charge in [0, 0.05) is 12.4 Å². The quantitative estimate of drug-likeness (QED) is 0.795. The predicted octanol–water partition coefficient (Wildman–Crippen LogP) is 1.97. The fraction of sp³-hybridized carbons (Fsp3) is 0.500. The highest BCUT2D eigenvalue weighted by Gasteiger charge is 2.12. The molecule has 0 radical (unpaired) electrons. The SMILES string of the molecule is CC(C)(C)OCCOc1ccncc1C(=O)O. The summed E-state index contributed by atoms with van der Waals surface area (Å²) < 4.78 is 10.8. The van der Waals surface area contributed by atoms with Crippen LogP contribution in [-0.4, -0.2) is 34.9 Å². The Morgan fingerprint density at radius 1 is 1.41 bits per heavy atom. The molecule has 0 aliphatic rings. The molecule has 0 saturated carbocycles. The summed E-state index contributed by atoms with van der Waals surface area (Å²) in [4.78, 5) is 14.6. The molecule has 0 spiro atoms. The molecule has 0 aromatic carbocycles. The number of carbonyl (C=O) groups is 1. The second-order valence-corrected chi connectivity index (χ2v) is 4.49. The van der Waals surface area contributed by atoms with Crippen LogP contribution in [0, 0.1) is 0 Å². The van der Waals surface area contributed by atoms with E-state index in [1.807, 2.05) is 20.8 Å². The number of carboxylic acid groups (broad SMARTS) is 1. The number of rotatable bonds is 5. The zero-order valence-corrected chi connectivity index (χ0v) is 10.3. The van der Waals surface area contributed by atoms with Crippen molar-refractivity contribution in [3.63, 3.8) is 0 Å². The molecule has 1 rings (SSSR count). The maximum Gasteiger partial charge on any atom is 0.341 e. The fourth-order valence-electron chi connectivity index (χ4n) is 1.17. The normalized spacial score (nSPS) is 11.2. The van der Waals surface area contributed by atoms with Crippen LogP contribution >= 0.6 is 0 Å². The number of carboxylic acids is 1. The van der Waals surface area contributed by atoms with Crippen molar-refractivity contribution in [2.24, 2.45) is 0 Å². The maximum atomic E-state index is 10.9. The number of hydrogen-bond acceptors (Lipinski definition) is 4. The van der Waals surface area contributed by atoms with E-state index in [0.717, 1.165) is 0 Å². The summed E-state index contributed by atoms with van der Waals surface area (Å²) in [6, 6.07) is 1.53. The number of pyridine rings is 1. The molecule has 0 aliphatic carbocycles. The lowest BCUT2D eigenvalue weighted by molar-refractivity contribution is -0.0164. The third-order valence-electron chi connectivity index (χ3n) is 1.89. The van der Waals surface area contributed by atoms with Crippen molar-refractivity contribution < 1.29 is 19.4 Å². The predicted molar refractivity (Wildman–Crippen MR) is 62.4 cm³/mol. The van der Waals surface area contributed by atoms with Gasteiger partial charge in [-0.2, -0.15) is 0 Å². The van der Waals surface area contributed by atoms with Crippen LogP contribution in [0.2, 0.25) is 0 Å². The van der Waals surface area contributed by atoms with Crippen LogP contribution in [-0.2, 0) is 4.74 Å². The average Bonchev–Trinajstić information content (AvgIpc) is 2.23. The first kappa shape index (κ1) is 13.4. The molecular weight excluding hydrogens is 222 g/mol. The maximum absolute atomic E-state index is 10.9. The fourth-order valence-corrected chi connectivity index (χ4v) is 1.17.